The molecule has 1 N–H and O–H groups in total. The van der Waals surface area contributed by atoms with E-state index in [1.165, 1.54) is 10.8 Å². The van der Waals surface area contributed by atoms with E-state index in [0.717, 1.165) is 38.5 Å². The molecule has 2 fully saturated rings. The lowest BCUT2D eigenvalue weighted by atomic mass is 10.2. The van der Waals surface area contributed by atoms with E-state index in [0.29, 0.717) is 18.4 Å². The van der Waals surface area contributed by atoms with Crippen molar-refractivity contribution >= 4 is 58.8 Å². The second-order valence-corrected chi connectivity index (χ2v) is 7.33. The summed E-state index contributed by atoms with van der Waals surface area (Å²) in [6, 6.07) is 4.62. The van der Waals surface area contributed by atoms with E-state index in [1.54, 1.807) is 11.3 Å². The van der Waals surface area contributed by atoms with Gasteiger partial charge in [-0.25, -0.2) is 0 Å². The molecule has 0 bridgehead atoms. The Morgan fingerprint density at radius 2 is 2.05 bits per heavy atom. The van der Waals surface area contributed by atoms with Crippen LogP contribution in [0.1, 0.15) is 6.42 Å². The Labute approximate surface area is 152 Å². The van der Waals surface area contributed by atoms with Crippen LogP contribution in [0.2, 0.25) is 0 Å². The van der Waals surface area contributed by atoms with Crippen molar-refractivity contribution in [2.45, 2.75) is 12.5 Å². The van der Waals surface area contributed by atoms with Gasteiger partial charge in [-0.15, -0.1) is 36.2 Å². The maximum Gasteiger partial charge on any atom is 0.224 e. The van der Waals surface area contributed by atoms with E-state index in [4.69, 9.17) is 0 Å². The third kappa shape index (κ3) is 5.20. The average molecular weight is 384 g/mol. The van der Waals surface area contributed by atoms with Gasteiger partial charge in [0, 0.05) is 56.7 Å². The summed E-state index contributed by atoms with van der Waals surface area (Å²) in [5.74, 6) is 2.56. The van der Waals surface area contributed by atoms with E-state index in [9.17, 15) is 4.79 Å². The summed E-state index contributed by atoms with van der Waals surface area (Å²) in [6.07, 6.45) is 0.659. The van der Waals surface area contributed by atoms with Crippen molar-refractivity contribution in [3.8, 4) is 0 Å². The fraction of sp³-hybridized carbons (Fsp3) is 0.643. The van der Waals surface area contributed by atoms with Crippen molar-refractivity contribution in [2.75, 3.05) is 49.1 Å². The van der Waals surface area contributed by atoms with Gasteiger partial charge in [-0.3, -0.25) is 4.79 Å². The number of hydrogen-bond donors (Lipinski definition) is 1. The molecule has 8 heteroatoms. The molecule has 1 aromatic heterocycles. The van der Waals surface area contributed by atoms with E-state index in [-0.39, 0.29) is 24.8 Å². The molecule has 1 atom stereocenters. The summed E-state index contributed by atoms with van der Waals surface area (Å²) in [4.78, 5) is 16.7. The summed E-state index contributed by atoms with van der Waals surface area (Å²) in [7, 11) is 0. The zero-order valence-corrected chi connectivity index (χ0v) is 15.7. The molecule has 1 amide bonds. The van der Waals surface area contributed by atoms with Crippen molar-refractivity contribution in [3.05, 3.63) is 17.5 Å². The molecule has 1 unspecified atom stereocenters. The highest BCUT2D eigenvalue weighted by Gasteiger charge is 2.24. The first-order chi connectivity index (χ1) is 9.83. The van der Waals surface area contributed by atoms with Gasteiger partial charge in [-0.05, 0) is 17.5 Å². The zero-order chi connectivity index (χ0) is 13.8. The highest BCUT2D eigenvalue weighted by Crippen LogP contribution is 2.22. The van der Waals surface area contributed by atoms with Crippen LogP contribution < -0.4 is 10.2 Å². The second-order valence-electron chi connectivity index (χ2n) is 5.25. The highest BCUT2D eigenvalue weighted by atomic mass is 35.5. The average Bonchev–Trinajstić information content (AvgIpc) is 3.03. The first kappa shape index (κ1) is 19.9. The fourth-order valence-corrected chi connectivity index (χ4v) is 4.45. The topological polar surface area (TPSA) is 35.6 Å². The molecule has 2 aliphatic heterocycles. The van der Waals surface area contributed by atoms with Gasteiger partial charge in [0.2, 0.25) is 5.91 Å². The van der Waals surface area contributed by atoms with Crippen LogP contribution in [-0.4, -0.2) is 61.1 Å². The number of anilines is 1. The van der Waals surface area contributed by atoms with Crippen LogP contribution in [0.15, 0.2) is 17.5 Å². The summed E-state index contributed by atoms with van der Waals surface area (Å²) in [5.41, 5.74) is 0. The number of hydrogen-bond acceptors (Lipinski definition) is 5. The van der Waals surface area contributed by atoms with Crippen molar-refractivity contribution in [1.29, 1.82) is 0 Å². The molecule has 2 saturated heterocycles. The molecule has 4 nitrogen and oxygen atoms in total. The molecular formula is C14H23Cl2N3OS2. The Kier molecular flexibility index (Phi) is 8.94. The summed E-state index contributed by atoms with van der Waals surface area (Å²) < 4.78 is 0. The molecular weight excluding hydrogens is 361 g/mol. The molecule has 0 radical (unpaired) electrons. The lowest BCUT2D eigenvalue weighted by molar-refractivity contribution is -0.131. The van der Waals surface area contributed by atoms with Gasteiger partial charge in [0.05, 0.1) is 5.00 Å². The maximum absolute atomic E-state index is 12.3. The number of carbonyl (C=O) groups excluding carboxylic acids is 1. The quantitative estimate of drug-likeness (QED) is 0.868. The predicted octanol–water partition coefficient (Wildman–Crippen LogP) is 2.34. The monoisotopic (exact) mass is 383 g/mol. The van der Waals surface area contributed by atoms with Crippen molar-refractivity contribution < 1.29 is 4.79 Å². The number of amides is 1. The Hall–Kier alpha value is -0.140. The predicted molar refractivity (Wildman–Crippen MR) is 101 cm³/mol. The molecule has 3 rings (SSSR count). The fourth-order valence-electron chi connectivity index (χ4n) is 2.72. The molecule has 0 aliphatic carbocycles. The number of thiophene rings is 1. The molecule has 0 saturated carbocycles. The van der Waals surface area contributed by atoms with Crippen LogP contribution in [0.25, 0.3) is 0 Å². The molecule has 0 aromatic carbocycles. The van der Waals surface area contributed by atoms with Gasteiger partial charge in [0.1, 0.15) is 0 Å². The summed E-state index contributed by atoms with van der Waals surface area (Å²) >= 11 is 3.73. The minimum Gasteiger partial charge on any atom is -0.360 e. The standard InChI is InChI=1S/C14H21N3OS2.2ClH/c18-13(10-12-11-19-9-3-15-12)16-4-6-17(7-5-16)14-2-1-8-20-14;;/h1-2,8,12,15H,3-7,9-11H2;2*1H. The van der Waals surface area contributed by atoms with E-state index in [1.807, 2.05) is 16.7 Å². The van der Waals surface area contributed by atoms with Crippen LogP contribution in [0.3, 0.4) is 0 Å². The zero-order valence-electron chi connectivity index (χ0n) is 12.4. The van der Waals surface area contributed by atoms with Crippen molar-refractivity contribution in [1.82, 2.24) is 10.2 Å². The number of carbonyl (C=O) groups is 1. The van der Waals surface area contributed by atoms with Gasteiger partial charge >= 0.3 is 0 Å². The van der Waals surface area contributed by atoms with Crippen molar-refractivity contribution in [3.63, 3.8) is 0 Å². The third-order valence-electron chi connectivity index (χ3n) is 3.87. The van der Waals surface area contributed by atoms with E-state index >= 15 is 0 Å². The van der Waals surface area contributed by atoms with Crippen LogP contribution in [-0.2, 0) is 4.79 Å². The van der Waals surface area contributed by atoms with Crippen LogP contribution in [0.5, 0.6) is 0 Å². The van der Waals surface area contributed by atoms with Gasteiger partial charge in [0.15, 0.2) is 0 Å². The maximum atomic E-state index is 12.3. The number of nitrogens with zero attached hydrogens (tertiary/aromatic N) is 2. The van der Waals surface area contributed by atoms with Crippen molar-refractivity contribution in [2.24, 2.45) is 0 Å². The van der Waals surface area contributed by atoms with E-state index < -0.39 is 0 Å². The Bertz CT molecular complexity index is 433. The Morgan fingerprint density at radius 3 is 2.64 bits per heavy atom. The van der Waals surface area contributed by atoms with Crippen LogP contribution in [0.4, 0.5) is 5.00 Å². The van der Waals surface area contributed by atoms with Gasteiger partial charge in [-0.2, -0.15) is 11.8 Å². The number of halogens is 2. The first-order valence-corrected chi connectivity index (χ1v) is 9.24. The minimum atomic E-state index is 0. The number of nitrogens with one attached hydrogen (secondary N) is 1. The number of thioether (sulfide) groups is 1. The van der Waals surface area contributed by atoms with Crippen LogP contribution >= 0.6 is 47.9 Å². The minimum absolute atomic E-state index is 0. The lowest BCUT2D eigenvalue weighted by Gasteiger charge is -2.36. The molecule has 0 spiro atoms. The lowest BCUT2D eigenvalue weighted by Crippen LogP contribution is -2.50. The molecule has 2 aliphatic rings. The third-order valence-corrected chi connectivity index (χ3v) is 5.93. The highest BCUT2D eigenvalue weighted by molar-refractivity contribution is 7.99. The molecule has 126 valence electrons. The van der Waals surface area contributed by atoms with E-state index in [2.05, 4.69) is 27.7 Å². The number of rotatable bonds is 3. The SMILES string of the molecule is Cl.Cl.O=C(CC1CSCCN1)N1CCN(c2cccs2)CC1. The smallest absolute Gasteiger partial charge is 0.224 e. The largest absolute Gasteiger partial charge is 0.360 e. The van der Waals surface area contributed by atoms with Gasteiger partial charge in [-0.1, -0.05) is 0 Å². The van der Waals surface area contributed by atoms with Crippen LogP contribution in [0, 0.1) is 0 Å². The molecule has 3 heterocycles. The molecule has 22 heavy (non-hydrogen) atoms. The second kappa shape index (κ2) is 9.88. The normalized spacial score (nSPS) is 21.7. The summed E-state index contributed by atoms with van der Waals surface area (Å²) in [6.45, 7) is 4.67. The Morgan fingerprint density at radius 1 is 1.27 bits per heavy atom. The molecule has 1 aromatic rings. The van der Waals surface area contributed by atoms with Gasteiger partial charge < -0.3 is 15.1 Å². The summed E-state index contributed by atoms with van der Waals surface area (Å²) in [5, 5.41) is 6.88. The first-order valence-electron chi connectivity index (χ1n) is 7.20. The Balaban J connectivity index is 0.00000121. The number of piperazine rings is 1. The van der Waals surface area contributed by atoms with Gasteiger partial charge in [0.25, 0.3) is 0 Å².